The van der Waals surface area contributed by atoms with Crippen LogP contribution in [-0.2, 0) is 5.54 Å². The Hall–Kier alpha value is -1.30. The molecule has 1 heteroatoms. The highest BCUT2D eigenvalue weighted by Crippen LogP contribution is 2.31. The average molecular weight is 185 g/mol. The first kappa shape index (κ1) is 9.26. The van der Waals surface area contributed by atoms with Gasteiger partial charge in [0.1, 0.15) is 0 Å². The van der Waals surface area contributed by atoms with Crippen LogP contribution < -0.4 is 5.32 Å². The average Bonchev–Trinajstić information content (AvgIpc) is 2.70. The lowest BCUT2D eigenvalue weighted by Crippen LogP contribution is -2.34. The minimum atomic E-state index is -0.0109. The van der Waals surface area contributed by atoms with E-state index in [4.69, 9.17) is 0 Å². The molecule has 1 aromatic rings. The summed E-state index contributed by atoms with van der Waals surface area (Å²) in [5.74, 6) is 0. The number of hydrogen-bond donors (Lipinski definition) is 1. The second-order valence-electron chi connectivity index (χ2n) is 3.72. The van der Waals surface area contributed by atoms with Crippen molar-refractivity contribution in [2.45, 2.75) is 18.4 Å². The molecular formula is C13H15N. The topological polar surface area (TPSA) is 12.0 Å². The van der Waals surface area contributed by atoms with Crippen LogP contribution in [0.15, 0.2) is 48.7 Å². The molecule has 0 spiro atoms. The maximum Gasteiger partial charge on any atom is 0.0695 e. The lowest BCUT2D eigenvalue weighted by Gasteiger charge is -2.25. The van der Waals surface area contributed by atoms with Crippen LogP contribution in [-0.4, -0.2) is 6.54 Å². The van der Waals surface area contributed by atoms with Gasteiger partial charge in [0.25, 0.3) is 0 Å². The van der Waals surface area contributed by atoms with Crippen LogP contribution in [0.4, 0.5) is 0 Å². The Bertz CT molecular complexity index is 341. The largest absolute Gasteiger partial charge is 0.304 e. The summed E-state index contributed by atoms with van der Waals surface area (Å²) in [4.78, 5) is 0. The first-order valence-electron chi connectivity index (χ1n) is 5.05. The van der Waals surface area contributed by atoms with E-state index in [9.17, 15) is 0 Å². The lowest BCUT2D eigenvalue weighted by atomic mass is 9.88. The molecule has 72 valence electrons. The predicted molar refractivity (Wildman–Crippen MR) is 59.1 cm³/mol. The van der Waals surface area contributed by atoms with E-state index in [1.807, 2.05) is 6.07 Å². The Balaban J connectivity index is 2.41. The molecule has 1 fully saturated rings. The molecule has 1 nitrogen and oxygen atoms in total. The molecule has 0 aliphatic carbocycles. The van der Waals surface area contributed by atoms with E-state index < -0.39 is 0 Å². The van der Waals surface area contributed by atoms with Crippen LogP contribution >= 0.6 is 0 Å². The van der Waals surface area contributed by atoms with Crippen LogP contribution in [0.25, 0.3) is 0 Å². The second-order valence-corrected chi connectivity index (χ2v) is 3.72. The Morgan fingerprint density at radius 1 is 1.36 bits per heavy atom. The summed E-state index contributed by atoms with van der Waals surface area (Å²) < 4.78 is 0. The van der Waals surface area contributed by atoms with Crippen LogP contribution in [0.1, 0.15) is 18.4 Å². The van der Waals surface area contributed by atoms with E-state index in [0.29, 0.717) is 0 Å². The van der Waals surface area contributed by atoms with Gasteiger partial charge in [-0.1, -0.05) is 36.9 Å². The summed E-state index contributed by atoms with van der Waals surface area (Å²) in [6.45, 7) is 4.75. The fraction of sp³-hybridized carbons (Fsp3) is 0.308. The maximum atomic E-state index is 3.67. The van der Waals surface area contributed by atoms with E-state index in [1.165, 1.54) is 12.0 Å². The lowest BCUT2D eigenvalue weighted by molar-refractivity contribution is 0.496. The highest BCUT2D eigenvalue weighted by molar-refractivity contribution is 5.30. The van der Waals surface area contributed by atoms with Crippen molar-refractivity contribution >= 4 is 0 Å². The molecule has 0 bridgehead atoms. The molecule has 1 N–H and O–H groups in total. The number of hydrogen-bond acceptors (Lipinski definition) is 1. The fourth-order valence-electron chi connectivity index (χ4n) is 2.13. The summed E-state index contributed by atoms with van der Waals surface area (Å²) in [5.41, 5.74) is 4.21. The van der Waals surface area contributed by atoms with E-state index >= 15 is 0 Å². The standard InChI is InChI=1S/C13H15N/c1-2-9-13(10-6-11-14-13)12-7-4-3-5-8-12/h3-5,7-9,14H,1,6,10-11H2/t13-/m1/s1. The van der Waals surface area contributed by atoms with E-state index in [-0.39, 0.29) is 5.54 Å². The molecule has 0 amide bonds. The number of nitrogens with one attached hydrogen (secondary N) is 1. The van der Waals surface area contributed by atoms with Crippen molar-refractivity contribution in [3.05, 3.63) is 54.3 Å². The van der Waals surface area contributed by atoms with Crippen LogP contribution in [0, 0.1) is 0 Å². The normalized spacial score (nSPS) is 25.7. The zero-order chi connectivity index (χ0) is 9.86. The Morgan fingerprint density at radius 3 is 2.71 bits per heavy atom. The minimum absolute atomic E-state index is 0.0109. The van der Waals surface area contributed by atoms with Crippen molar-refractivity contribution in [3.8, 4) is 0 Å². The van der Waals surface area contributed by atoms with Crippen molar-refractivity contribution in [1.82, 2.24) is 5.32 Å². The van der Waals surface area contributed by atoms with Crippen molar-refractivity contribution in [1.29, 1.82) is 0 Å². The van der Waals surface area contributed by atoms with Gasteiger partial charge in [-0.05, 0) is 31.0 Å². The van der Waals surface area contributed by atoms with Crippen molar-refractivity contribution in [2.24, 2.45) is 0 Å². The van der Waals surface area contributed by atoms with E-state index in [0.717, 1.165) is 13.0 Å². The van der Waals surface area contributed by atoms with Crippen LogP contribution in [0.5, 0.6) is 0 Å². The molecule has 0 unspecified atom stereocenters. The molecule has 1 heterocycles. The zero-order valence-corrected chi connectivity index (χ0v) is 8.29. The predicted octanol–water partition coefficient (Wildman–Crippen LogP) is 2.61. The summed E-state index contributed by atoms with van der Waals surface area (Å²) in [5, 5.41) is 3.53. The molecular weight excluding hydrogens is 170 g/mol. The number of rotatable bonds is 2. The monoisotopic (exact) mass is 185 g/mol. The Morgan fingerprint density at radius 2 is 2.14 bits per heavy atom. The quantitative estimate of drug-likeness (QED) is 0.698. The van der Waals surface area contributed by atoms with Gasteiger partial charge in [-0.3, -0.25) is 0 Å². The fourth-order valence-corrected chi connectivity index (χ4v) is 2.13. The Labute approximate surface area is 85.2 Å². The smallest absolute Gasteiger partial charge is 0.0695 e. The minimum Gasteiger partial charge on any atom is -0.304 e. The molecule has 2 rings (SSSR count). The first-order chi connectivity index (χ1) is 6.87. The number of benzene rings is 1. The van der Waals surface area contributed by atoms with Crippen molar-refractivity contribution < 1.29 is 0 Å². The van der Waals surface area contributed by atoms with E-state index in [2.05, 4.69) is 48.0 Å². The third-order valence-corrected chi connectivity index (χ3v) is 2.83. The molecule has 1 atom stereocenters. The molecule has 0 radical (unpaired) electrons. The van der Waals surface area contributed by atoms with Crippen molar-refractivity contribution in [3.63, 3.8) is 0 Å². The van der Waals surface area contributed by atoms with Crippen LogP contribution in [0.2, 0.25) is 0 Å². The molecule has 0 saturated carbocycles. The highest BCUT2D eigenvalue weighted by Gasteiger charge is 2.32. The summed E-state index contributed by atoms with van der Waals surface area (Å²) >= 11 is 0. The van der Waals surface area contributed by atoms with Gasteiger partial charge in [0, 0.05) is 0 Å². The van der Waals surface area contributed by atoms with Crippen LogP contribution in [0.3, 0.4) is 0 Å². The molecule has 1 aliphatic heterocycles. The molecule has 0 aromatic heterocycles. The van der Waals surface area contributed by atoms with Gasteiger partial charge in [0.15, 0.2) is 0 Å². The highest BCUT2D eigenvalue weighted by atomic mass is 15.0. The molecule has 1 aliphatic rings. The molecule has 1 saturated heterocycles. The van der Waals surface area contributed by atoms with Gasteiger partial charge < -0.3 is 5.32 Å². The van der Waals surface area contributed by atoms with Gasteiger partial charge in [-0.25, -0.2) is 0 Å². The van der Waals surface area contributed by atoms with Gasteiger partial charge in [0.05, 0.1) is 5.54 Å². The summed E-state index contributed by atoms with van der Waals surface area (Å²) in [7, 11) is 0. The van der Waals surface area contributed by atoms with Gasteiger partial charge in [-0.2, -0.15) is 0 Å². The Kier molecular flexibility index (Phi) is 2.53. The first-order valence-corrected chi connectivity index (χ1v) is 5.05. The molecule has 14 heavy (non-hydrogen) atoms. The summed E-state index contributed by atoms with van der Waals surface area (Å²) in [6, 6.07) is 10.5. The van der Waals surface area contributed by atoms with Gasteiger partial charge in [-0.15, -0.1) is 5.73 Å². The SMILES string of the molecule is C=C=C[C@]1(c2ccccc2)CCCN1. The summed E-state index contributed by atoms with van der Waals surface area (Å²) in [6.07, 6.45) is 4.40. The van der Waals surface area contributed by atoms with Gasteiger partial charge in [0.2, 0.25) is 0 Å². The van der Waals surface area contributed by atoms with Crippen molar-refractivity contribution in [2.75, 3.05) is 6.54 Å². The molecule has 1 aromatic carbocycles. The van der Waals surface area contributed by atoms with Gasteiger partial charge >= 0.3 is 0 Å². The zero-order valence-electron chi connectivity index (χ0n) is 8.29. The second kappa shape index (κ2) is 3.83. The maximum absolute atomic E-state index is 3.67. The van der Waals surface area contributed by atoms with E-state index in [1.54, 1.807) is 0 Å². The third-order valence-electron chi connectivity index (χ3n) is 2.83. The third kappa shape index (κ3) is 1.52.